The quantitative estimate of drug-likeness (QED) is 0.316. The Hall–Kier alpha value is -2.11. The molecule has 0 aliphatic carbocycles. The Morgan fingerprint density at radius 3 is 2.65 bits per heavy atom. The number of carbonyl (C=O) groups is 1. The summed E-state index contributed by atoms with van der Waals surface area (Å²) in [4.78, 5) is 21.8. The van der Waals surface area contributed by atoms with Crippen molar-refractivity contribution >= 4 is 11.7 Å². The summed E-state index contributed by atoms with van der Waals surface area (Å²) in [6.45, 7) is 2.50. The Morgan fingerprint density at radius 1 is 1.30 bits per heavy atom. The monoisotopic (exact) mass is 281 g/mol. The van der Waals surface area contributed by atoms with E-state index in [9.17, 15) is 14.9 Å². The van der Waals surface area contributed by atoms with E-state index in [1.54, 1.807) is 0 Å². The minimum Gasteiger partial charge on any atom is -0.487 e. The smallest absolute Gasteiger partial charge is 0.337 e. The highest BCUT2D eigenvalue weighted by molar-refractivity contribution is 5.90. The molecule has 1 aromatic rings. The van der Waals surface area contributed by atoms with Gasteiger partial charge in [-0.05, 0) is 12.5 Å². The minimum absolute atomic E-state index is 0.106. The van der Waals surface area contributed by atoms with Crippen molar-refractivity contribution in [2.45, 2.75) is 32.6 Å². The molecule has 0 N–H and O–H groups in total. The summed E-state index contributed by atoms with van der Waals surface area (Å²) >= 11 is 0. The number of methoxy groups -OCH3 is 1. The number of nitrogens with zero attached hydrogens (tertiary/aromatic N) is 1. The Labute approximate surface area is 117 Å². The molecule has 20 heavy (non-hydrogen) atoms. The first kappa shape index (κ1) is 15.9. The predicted octanol–water partition coefficient (Wildman–Crippen LogP) is 3.34. The highest BCUT2D eigenvalue weighted by Crippen LogP contribution is 2.28. The van der Waals surface area contributed by atoms with Gasteiger partial charge >= 0.3 is 11.7 Å². The molecule has 1 aromatic carbocycles. The zero-order valence-electron chi connectivity index (χ0n) is 11.8. The molecule has 0 fully saturated rings. The van der Waals surface area contributed by atoms with Gasteiger partial charge in [0.2, 0.25) is 0 Å². The van der Waals surface area contributed by atoms with Crippen LogP contribution in [0.1, 0.15) is 43.0 Å². The van der Waals surface area contributed by atoms with Crippen LogP contribution in [-0.2, 0) is 4.74 Å². The van der Waals surface area contributed by atoms with Gasteiger partial charge in [0.25, 0.3) is 0 Å². The second kappa shape index (κ2) is 8.14. The summed E-state index contributed by atoms with van der Waals surface area (Å²) in [6, 6.07) is 3.96. The summed E-state index contributed by atoms with van der Waals surface area (Å²) in [5.41, 5.74) is 0.0924. The number of ether oxygens (including phenoxy) is 2. The molecular formula is C14H19NO5. The van der Waals surface area contributed by atoms with Crippen molar-refractivity contribution in [2.24, 2.45) is 0 Å². The number of hydrogen-bond acceptors (Lipinski definition) is 5. The molecule has 0 atom stereocenters. The van der Waals surface area contributed by atoms with Crippen LogP contribution in [0, 0.1) is 10.1 Å². The summed E-state index contributed by atoms with van der Waals surface area (Å²) in [7, 11) is 1.26. The molecule has 0 radical (unpaired) electrons. The maximum Gasteiger partial charge on any atom is 0.337 e. The first-order valence-electron chi connectivity index (χ1n) is 6.59. The maximum absolute atomic E-state index is 11.4. The largest absolute Gasteiger partial charge is 0.487 e. The minimum atomic E-state index is -0.546. The van der Waals surface area contributed by atoms with Crippen LogP contribution in [-0.4, -0.2) is 24.6 Å². The molecule has 6 nitrogen and oxygen atoms in total. The van der Waals surface area contributed by atoms with Crippen LogP contribution in [0.5, 0.6) is 5.75 Å². The van der Waals surface area contributed by atoms with Crippen molar-refractivity contribution in [1.82, 2.24) is 0 Å². The van der Waals surface area contributed by atoms with Gasteiger partial charge in [0, 0.05) is 12.1 Å². The van der Waals surface area contributed by atoms with Crippen molar-refractivity contribution in [3.05, 3.63) is 33.9 Å². The van der Waals surface area contributed by atoms with E-state index in [1.807, 2.05) is 0 Å². The Balaban J connectivity index is 2.78. The molecular weight excluding hydrogens is 262 g/mol. The van der Waals surface area contributed by atoms with Crippen LogP contribution in [0.15, 0.2) is 18.2 Å². The predicted molar refractivity (Wildman–Crippen MR) is 74.1 cm³/mol. The third-order valence-electron chi connectivity index (χ3n) is 2.83. The van der Waals surface area contributed by atoms with E-state index >= 15 is 0 Å². The fourth-order valence-corrected chi connectivity index (χ4v) is 1.74. The van der Waals surface area contributed by atoms with E-state index in [4.69, 9.17) is 4.74 Å². The first-order valence-corrected chi connectivity index (χ1v) is 6.59. The lowest BCUT2D eigenvalue weighted by atomic mass is 10.2. The highest BCUT2D eigenvalue weighted by Gasteiger charge is 2.18. The Bertz CT molecular complexity index is 473. The molecule has 0 amide bonds. The van der Waals surface area contributed by atoms with Gasteiger partial charge in [-0.2, -0.15) is 0 Å². The van der Waals surface area contributed by atoms with Gasteiger partial charge < -0.3 is 9.47 Å². The maximum atomic E-state index is 11.4. The standard InChI is InChI=1S/C14H19NO5/c1-3-4-5-6-9-20-13-10-11(14(16)19-2)7-8-12(13)15(17)18/h7-8,10H,3-6,9H2,1-2H3. The van der Waals surface area contributed by atoms with Crippen molar-refractivity contribution in [1.29, 1.82) is 0 Å². The molecule has 0 bridgehead atoms. The third-order valence-corrected chi connectivity index (χ3v) is 2.83. The molecule has 0 aliphatic heterocycles. The van der Waals surface area contributed by atoms with E-state index in [2.05, 4.69) is 11.7 Å². The van der Waals surface area contributed by atoms with E-state index in [-0.39, 0.29) is 17.0 Å². The van der Waals surface area contributed by atoms with Crippen molar-refractivity contribution in [3.8, 4) is 5.75 Å². The van der Waals surface area contributed by atoms with Gasteiger partial charge in [0.05, 0.1) is 24.2 Å². The van der Waals surface area contributed by atoms with E-state index in [1.165, 1.54) is 25.3 Å². The second-order valence-electron chi connectivity index (χ2n) is 4.34. The van der Waals surface area contributed by atoms with Crippen LogP contribution in [0.4, 0.5) is 5.69 Å². The Kier molecular flexibility index (Phi) is 6.49. The number of rotatable bonds is 8. The molecule has 1 rings (SSSR count). The average molecular weight is 281 g/mol. The summed E-state index contributed by atoms with van der Waals surface area (Å²) in [6.07, 6.45) is 4.06. The molecule has 110 valence electrons. The van der Waals surface area contributed by atoms with Gasteiger partial charge in [0.15, 0.2) is 5.75 Å². The number of nitro benzene ring substituents is 1. The number of carbonyl (C=O) groups excluding carboxylic acids is 1. The van der Waals surface area contributed by atoms with Crippen LogP contribution >= 0.6 is 0 Å². The lowest BCUT2D eigenvalue weighted by Crippen LogP contribution is -2.05. The highest BCUT2D eigenvalue weighted by atomic mass is 16.6. The van der Waals surface area contributed by atoms with Crippen molar-refractivity contribution in [3.63, 3.8) is 0 Å². The van der Waals surface area contributed by atoms with Crippen LogP contribution in [0.25, 0.3) is 0 Å². The van der Waals surface area contributed by atoms with Gasteiger partial charge in [-0.1, -0.05) is 26.2 Å². The summed E-state index contributed by atoms with van der Waals surface area (Å²) < 4.78 is 10.0. The molecule has 0 spiro atoms. The third kappa shape index (κ3) is 4.53. The van der Waals surface area contributed by atoms with Crippen LogP contribution in [0.2, 0.25) is 0 Å². The fraction of sp³-hybridized carbons (Fsp3) is 0.500. The van der Waals surface area contributed by atoms with Crippen LogP contribution < -0.4 is 4.74 Å². The number of unbranched alkanes of at least 4 members (excludes halogenated alkanes) is 3. The number of esters is 1. The van der Waals surface area contributed by atoms with Crippen molar-refractivity contribution < 1.29 is 19.2 Å². The van der Waals surface area contributed by atoms with E-state index < -0.39 is 10.9 Å². The number of hydrogen-bond donors (Lipinski definition) is 0. The molecule has 0 aromatic heterocycles. The molecule has 0 heterocycles. The zero-order chi connectivity index (χ0) is 15.0. The molecule has 0 saturated heterocycles. The number of benzene rings is 1. The molecule has 0 unspecified atom stereocenters. The first-order chi connectivity index (χ1) is 9.60. The fourth-order valence-electron chi connectivity index (χ4n) is 1.74. The van der Waals surface area contributed by atoms with Gasteiger partial charge in [-0.15, -0.1) is 0 Å². The second-order valence-corrected chi connectivity index (χ2v) is 4.34. The average Bonchev–Trinajstić information content (AvgIpc) is 2.45. The van der Waals surface area contributed by atoms with E-state index in [0.717, 1.165) is 25.7 Å². The summed E-state index contributed by atoms with van der Waals surface area (Å²) in [5, 5.41) is 10.9. The van der Waals surface area contributed by atoms with Crippen LogP contribution in [0.3, 0.4) is 0 Å². The SMILES string of the molecule is CCCCCCOc1cc(C(=O)OC)ccc1[N+](=O)[O-]. The van der Waals surface area contributed by atoms with Gasteiger partial charge in [-0.25, -0.2) is 4.79 Å². The lowest BCUT2D eigenvalue weighted by Gasteiger charge is -2.08. The molecule has 0 saturated carbocycles. The van der Waals surface area contributed by atoms with E-state index in [0.29, 0.717) is 6.61 Å². The van der Waals surface area contributed by atoms with Gasteiger partial charge in [-0.3, -0.25) is 10.1 Å². The molecule has 0 aliphatic rings. The topological polar surface area (TPSA) is 78.7 Å². The normalized spacial score (nSPS) is 10.1. The van der Waals surface area contributed by atoms with Gasteiger partial charge in [0.1, 0.15) is 0 Å². The van der Waals surface area contributed by atoms with Crippen molar-refractivity contribution in [2.75, 3.05) is 13.7 Å². The molecule has 6 heteroatoms. The summed E-state index contributed by atoms with van der Waals surface area (Å²) in [5.74, 6) is -0.440. The zero-order valence-corrected chi connectivity index (χ0v) is 11.8. The number of nitro groups is 1. The lowest BCUT2D eigenvalue weighted by molar-refractivity contribution is -0.385. The Morgan fingerprint density at radius 2 is 2.05 bits per heavy atom.